The first-order valence-corrected chi connectivity index (χ1v) is 13.6. The van der Waals surface area contributed by atoms with E-state index in [9.17, 15) is 19.5 Å². The number of aliphatic carboxylic acids is 1. The smallest absolute Gasteiger partial charge is 0.326 e. The van der Waals surface area contributed by atoms with Crippen LogP contribution in [-0.2, 0) is 18.3 Å². The summed E-state index contributed by atoms with van der Waals surface area (Å²) in [7, 11) is 1.57. The number of aromatic nitrogens is 4. The molecule has 3 heterocycles. The monoisotopic (exact) mass is 593 g/mol. The Morgan fingerprint density at radius 1 is 1.02 bits per heavy atom. The molecule has 2 aromatic carbocycles. The molecule has 1 atom stereocenters. The van der Waals surface area contributed by atoms with Crippen molar-refractivity contribution >= 4 is 46.4 Å². The highest BCUT2D eigenvalue weighted by Crippen LogP contribution is 2.30. The highest BCUT2D eigenvalue weighted by molar-refractivity contribution is 7.13. The maximum Gasteiger partial charge on any atom is 0.326 e. The van der Waals surface area contributed by atoms with Crippen molar-refractivity contribution < 1.29 is 14.7 Å². The fraction of sp³-hybridized carbons (Fsp3) is 0.107. The Morgan fingerprint density at radius 2 is 1.75 bits per heavy atom. The van der Waals surface area contributed by atoms with Crippen LogP contribution in [0.5, 0.6) is 0 Å². The molecular formula is C28H21Cl2N5O4S. The highest BCUT2D eigenvalue weighted by Gasteiger charge is 2.24. The maximum atomic E-state index is 13.3. The van der Waals surface area contributed by atoms with Crippen LogP contribution < -0.4 is 10.9 Å². The van der Waals surface area contributed by atoms with E-state index >= 15 is 0 Å². The molecule has 0 spiro atoms. The number of rotatable bonds is 8. The topological polar surface area (TPSA) is 119 Å². The Hall–Kier alpha value is -4.25. The van der Waals surface area contributed by atoms with E-state index < -0.39 is 17.9 Å². The number of carboxylic acid groups (broad SMARTS) is 1. The van der Waals surface area contributed by atoms with E-state index in [-0.39, 0.29) is 27.6 Å². The van der Waals surface area contributed by atoms with Gasteiger partial charge in [0.25, 0.3) is 11.5 Å². The first-order chi connectivity index (χ1) is 19.2. The first-order valence-electron chi connectivity index (χ1n) is 12.0. The highest BCUT2D eigenvalue weighted by atomic mass is 35.5. The molecule has 0 aliphatic heterocycles. The van der Waals surface area contributed by atoms with E-state index in [1.165, 1.54) is 16.8 Å². The van der Waals surface area contributed by atoms with Gasteiger partial charge in [0.1, 0.15) is 6.04 Å². The van der Waals surface area contributed by atoms with Crippen molar-refractivity contribution in [3.8, 4) is 27.4 Å². The Kier molecular flexibility index (Phi) is 7.83. The number of carboxylic acids is 1. The molecule has 2 N–H and O–H groups in total. The van der Waals surface area contributed by atoms with Gasteiger partial charge in [-0.3, -0.25) is 9.59 Å². The first kappa shape index (κ1) is 27.3. The zero-order chi connectivity index (χ0) is 28.4. The number of hydrogen-bond acceptors (Lipinski definition) is 6. The van der Waals surface area contributed by atoms with Crippen LogP contribution in [0.25, 0.3) is 27.4 Å². The number of nitrogens with one attached hydrogen (secondary N) is 1. The van der Waals surface area contributed by atoms with Crippen LogP contribution >= 0.6 is 34.5 Å². The molecule has 5 rings (SSSR count). The molecule has 0 aliphatic carbocycles. The Bertz CT molecular complexity index is 1740. The van der Waals surface area contributed by atoms with Crippen LogP contribution in [0.1, 0.15) is 15.9 Å². The van der Waals surface area contributed by atoms with Crippen molar-refractivity contribution in [2.24, 2.45) is 7.05 Å². The number of amides is 1. The van der Waals surface area contributed by atoms with Crippen molar-refractivity contribution in [2.45, 2.75) is 12.5 Å². The van der Waals surface area contributed by atoms with Crippen molar-refractivity contribution in [1.82, 2.24) is 24.9 Å². The van der Waals surface area contributed by atoms with Gasteiger partial charge in [0.15, 0.2) is 0 Å². The summed E-state index contributed by atoms with van der Waals surface area (Å²) in [5, 5.41) is 23.1. The second-order valence-corrected chi connectivity index (χ2v) is 10.6. The molecule has 0 saturated heterocycles. The lowest BCUT2D eigenvalue weighted by molar-refractivity contribution is -0.139. The number of carbonyl (C=O) groups excluding carboxylic acids is 1. The lowest BCUT2D eigenvalue weighted by atomic mass is 10.0. The van der Waals surface area contributed by atoms with Gasteiger partial charge in [-0.1, -0.05) is 59.6 Å². The van der Waals surface area contributed by atoms with E-state index in [0.29, 0.717) is 22.4 Å². The number of halogens is 2. The third kappa shape index (κ3) is 5.42. The van der Waals surface area contributed by atoms with Gasteiger partial charge in [-0.15, -0.1) is 11.3 Å². The average Bonchev–Trinajstić information content (AvgIpc) is 3.62. The van der Waals surface area contributed by atoms with Crippen LogP contribution in [0.2, 0.25) is 10.0 Å². The van der Waals surface area contributed by atoms with Crippen LogP contribution in [0.3, 0.4) is 0 Å². The number of aryl methyl sites for hydroxylation is 1. The zero-order valence-corrected chi connectivity index (χ0v) is 23.2. The molecule has 0 bridgehead atoms. The molecule has 9 nitrogen and oxygen atoms in total. The summed E-state index contributed by atoms with van der Waals surface area (Å²) in [6, 6.07) is 16.0. The summed E-state index contributed by atoms with van der Waals surface area (Å²) in [5.74, 6) is -1.91. The van der Waals surface area contributed by atoms with Gasteiger partial charge in [-0.2, -0.15) is 10.2 Å². The molecular weight excluding hydrogens is 573 g/mol. The quantitative estimate of drug-likeness (QED) is 0.258. The van der Waals surface area contributed by atoms with Crippen molar-refractivity contribution in [2.75, 3.05) is 0 Å². The number of carbonyl (C=O) groups is 2. The minimum atomic E-state index is -1.24. The Balaban J connectivity index is 1.44. The minimum absolute atomic E-state index is 0.00762. The van der Waals surface area contributed by atoms with E-state index in [2.05, 4.69) is 15.5 Å². The molecule has 5 aromatic rings. The van der Waals surface area contributed by atoms with Gasteiger partial charge in [-0.25, -0.2) is 14.2 Å². The molecule has 0 radical (unpaired) electrons. The number of thiophene rings is 1. The molecule has 12 heteroatoms. The third-order valence-electron chi connectivity index (χ3n) is 6.24. The van der Waals surface area contributed by atoms with Crippen molar-refractivity contribution in [1.29, 1.82) is 0 Å². The van der Waals surface area contributed by atoms with E-state index in [0.717, 1.165) is 10.6 Å². The lowest BCUT2D eigenvalue weighted by Gasteiger charge is -2.16. The maximum absolute atomic E-state index is 13.3. The van der Waals surface area contributed by atoms with Gasteiger partial charge in [0.05, 0.1) is 49.8 Å². The summed E-state index contributed by atoms with van der Waals surface area (Å²) in [6.07, 6.45) is 3.24. The second-order valence-electron chi connectivity index (χ2n) is 8.80. The fourth-order valence-corrected chi connectivity index (χ4v) is 5.56. The molecule has 40 heavy (non-hydrogen) atoms. The standard InChI is InChI=1S/C28H21Cl2N5O4S/c1-34-27(37)24(22(15-32-34)35-21(11-12-31-35)23-6-3-13-40-23)17-9-7-16(8-10-17)14-20(28(38)39)33-26(36)25-18(29)4-2-5-19(25)30/h2-13,15,20H,14H2,1H3,(H,33,36)(H,38,39)/t20-/m0/s1. The van der Waals surface area contributed by atoms with E-state index in [1.807, 2.05) is 23.6 Å². The predicted octanol–water partition coefficient (Wildman–Crippen LogP) is 5.09. The Labute approximate surface area is 242 Å². The normalized spacial score (nSPS) is 11.8. The van der Waals surface area contributed by atoms with Crippen LogP contribution in [0.4, 0.5) is 0 Å². The van der Waals surface area contributed by atoms with Crippen molar-refractivity contribution in [3.05, 3.63) is 110 Å². The van der Waals surface area contributed by atoms with Gasteiger partial charge in [0.2, 0.25) is 0 Å². The summed E-state index contributed by atoms with van der Waals surface area (Å²) in [5.41, 5.74) is 2.65. The summed E-state index contributed by atoms with van der Waals surface area (Å²) < 4.78 is 2.93. The summed E-state index contributed by atoms with van der Waals surface area (Å²) >= 11 is 13.8. The minimum Gasteiger partial charge on any atom is -0.480 e. The molecule has 202 valence electrons. The van der Waals surface area contributed by atoms with Crippen LogP contribution in [0.15, 0.2) is 83.2 Å². The van der Waals surface area contributed by atoms with E-state index in [1.54, 1.807) is 65.8 Å². The van der Waals surface area contributed by atoms with E-state index in [4.69, 9.17) is 23.2 Å². The lowest BCUT2D eigenvalue weighted by Crippen LogP contribution is -2.42. The second kappa shape index (κ2) is 11.5. The largest absolute Gasteiger partial charge is 0.480 e. The predicted molar refractivity (Wildman–Crippen MR) is 154 cm³/mol. The molecule has 0 aliphatic rings. The fourth-order valence-electron chi connectivity index (χ4n) is 4.26. The zero-order valence-electron chi connectivity index (χ0n) is 20.9. The number of nitrogens with zero attached hydrogens (tertiary/aromatic N) is 4. The summed E-state index contributed by atoms with van der Waals surface area (Å²) in [4.78, 5) is 39.0. The van der Waals surface area contributed by atoms with Gasteiger partial charge >= 0.3 is 5.97 Å². The number of benzene rings is 2. The summed E-state index contributed by atoms with van der Waals surface area (Å²) in [6.45, 7) is 0. The molecule has 1 amide bonds. The van der Waals surface area contributed by atoms with Crippen LogP contribution in [0, 0.1) is 0 Å². The van der Waals surface area contributed by atoms with Crippen molar-refractivity contribution in [3.63, 3.8) is 0 Å². The molecule has 0 fully saturated rings. The molecule has 0 saturated carbocycles. The van der Waals surface area contributed by atoms with Gasteiger partial charge in [0, 0.05) is 13.5 Å². The molecule has 3 aromatic heterocycles. The Morgan fingerprint density at radius 3 is 2.40 bits per heavy atom. The SMILES string of the molecule is Cn1ncc(-n2nccc2-c2cccs2)c(-c2ccc(C[C@H](NC(=O)c3c(Cl)cccc3Cl)C(=O)O)cc2)c1=O. The van der Waals surface area contributed by atoms with Crippen LogP contribution in [-0.4, -0.2) is 42.6 Å². The molecule has 0 unspecified atom stereocenters. The van der Waals surface area contributed by atoms with Gasteiger partial charge < -0.3 is 10.4 Å². The average molecular weight is 594 g/mol. The number of hydrogen-bond donors (Lipinski definition) is 2. The van der Waals surface area contributed by atoms with Gasteiger partial charge in [-0.05, 0) is 40.8 Å². The third-order valence-corrected chi connectivity index (χ3v) is 7.76.